The molecule has 0 radical (unpaired) electrons. The van der Waals surface area contributed by atoms with Crippen molar-refractivity contribution in [2.45, 2.75) is 38.8 Å². The van der Waals surface area contributed by atoms with Crippen molar-refractivity contribution < 1.29 is 13.6 Å². The van der Waals surface area contributed by atoms with Gasteiger partial charge in [0.2, 0.25) is 5.91 Å². The zero-order valence-corrected chi connectivity index (χ0v) is 15.4. The Morgan fingerprint density at radius 2 is 2.04 bits per heavy atom. The van der Waals surface area contributed by atoms with Gasteiger partial charge >= 0.3 is 0 Å². The second kappa shape index (κ2) is 8.13. The van der Waals surface area contributed by atoms with Crippen LogP contribution in [0.3, 0.4) is 0 Å². The van der Waals surface area contributed by atoms with Crippen molar-refractivity contribution in [1.82, 2.24) is 14.8 Å². The van der Waals surface area contributed by atoms with Crippen molar-refractivity contribution >= 4 is 12.1 Å². The van der Waals surface area contributed by atoms with Crippen LogP contribution in [-0.4, -0.2) is 26.9 Å². The number of allylic oxidation sites excluding steroid dienone is 1. The highest BCUT2D eigenvalue weighted by molar-refractivity contribution is 5.80. The average molecular weight is 383 g/mol. The Kier molecular flexibility index (Phi) is 5.64. The molecular formula is C20H19F2N5O. The summed E-state index contributed by atoms with van der Waals surface area (Å²) in [5.74, 6) is -1.62. The van der Waals surface area contributed by atoms with Crippen LogP contribution in [0.15, 0.2) is 41.6 Å². The van der Waals surface area contributed by atoms with Crippen LogP contribution in [0.4, 0.5) is 8.78 Å². The molecule has 0 fully saturated rings. The molecule has 3 rings (SSSR count). The number of nitriles is 1. The third-order valence-electron chi connectivity index (χ3n) is 4.64. The average Bonchev–Trinajstić information content (AvgIpc) is 3.26. The van der Waals surface area contributed by atoms with Gasteiger partial charge in [-0.25, -0.2) is 13.8 Å². The Labute approximate surface area is 161 Å². The van der Waals surface area contributed by atoms with Crippen molar-refractivity contribution in [2.24, 2.45) is 5.10 Å². The molecule has 1 atom stereocenters. The summed E-state index contributed by atoms with van der Waals surface area (Å²) in [6, 6.07) is 4.78. The standard InChI is InChI=1S/C20H19F2N5O/c1-13(12-26-14(2)16(10-23)11-25-26)3-4-20(28)27-19(5-6-24-27)15-7-17(21)9-18(22)8-15/h6-9,11,19H,1,3-5,12H2,2H3. The summed E-state index contributed by atoms with van der Waals surface area (Å²) in [7, 11) is 0. The minimum absolute atomic E-state index is 0.163. The molecule has 1 aliphatic rings. The molecule has 0 saturated carbocycles. The van der Waals surface area contributed by atoms with Crippen molar-refractivity contribution in [2.75, 3.05) is 0 Å². The van der Waals surface area contributed by atoms with E-state index in [9.17, 15) is 13.6 Å². The summed E-state index contributed by atoms with van der Waals surface area (Å²) in [6.45, 7) is 6.18. The number of hydrogen-bond acceptors (Lipinski definition) is 4. The van der Waals surface area contributed by atoms with Crippen LogP contribution < -0.4 is 0 Å². The molecule has 1 amide bonds. The maximum absolute atomic E-state index is 13.5. The lowest BCUT2D eigenvalue weighted by Crippen LogP contribution is -2.27. The van der Waals surface area contributed by atoms with Crippen molar-refractivity contribution in [1.29, 1.82) is 5.26 Å². The molecule has 28 heavy (non-hydrogen) atoms. The molecule has 8 heteroatoms. The lowest BCUT2D eigenvalue weighted by Gasteiger charge is -2.22. The minimum Gasteiger partial charge on any atom is -0.273 e. The molecule has 1 aromatic heterocycles. The number of benzene rings is 1. The molecule has 2 aromatic rings. The Morgan fingerprint density at radius 3 is 2.68 bits per heavy atom. The van der Waals surface area contributed by atoms with E-state index in [-0.39, 0.29) is 12.3 Å². The normalized spacial score (nSPS) is 15.6. The van der Waals surface area contributed by atoms with Crippen molar-refractivity contribution in [3.63, 3.8) is 0 Å². The highest BCUT2D eigenvalue weighted by Crippen LogP contribution is 2.30. The summed E-state index contributed by atoms with van der Waals surface area (Å²) < 4.78 is 28.7. The first-order valence-electron chi connectivity index (χ1n) is 8.78. The van der Waals surface area contributed by atoms with Crippen LogP contribution in [0, 0.1) is 29.9 Å². The first kappa shape index (κ1) is 19.4. The topological polar surface area (TPSA) is 74.3 Å². The van der Waals surface area contributed by atoms with Gasteiger partial charge in [0, 0.05) is 25.1 Å². The van der Waals surface area contributed by atoms with Crippen LogP contribution in [0.25, 0.3) is 0 Å². The van der Waals surface area contributed by atoms with E-state index in [2.05, 4.69) is 22.8 Å². The number of amides is 1. The molecule has 2 heterocycles. The number of rotatable bonds is 6. The molecule has 1 aliphatic heterocycles. The zero-order valence-electron chi connectivity index (χ0n) is 15.4. The summed E-state index contributed by atoms with van der Waals surface area (Å²) >= 11 is 0. The van der Waals surface area contributed by atoms with E-state index in [1.54, 1.807) is 17.8 Å². The predicted octanol–water partition coefficient (Wildman–Crippen LogP) is 3.64. The molecule has 0 aliphatic carbocycles. The largest absolute Gasteiger partial charge is 0.273 e. The van der Waals surface area contributed by atoms with E-state index in [4.69, 9.17) is 5.26 Å². The van der Waals surface area contributed by atoms with E-state index in [0.29, 0.717) is 30.5 Å². The smallest absolute Gasteiger partial charge is 0.243 e. The fraction of sp³-hybridized carbons (Fsp3) is 0.300. The maximum atomic E-state index is 13.5. The molecule has 6 nitrogen and oxygen atoms in total. The van der Waals surface area contributed by atoms with Gasteiger partial charge in [-0.1, -0.05) is 12.2 Å². The minimum atomic E-state index is -0.686. The van der Waals surface area contributed by atoms with E-state index in [0.717, 1.165) is 17.3 Å². The fourth-order valence-electron chi connectivity index (χ4n) is 3.10. The summed E-state index contributed by atoms with van der Waals surface area (Å²) in [6.07, 6.45) is 4.04. The van der Waals surface area contributed by atoms with E-state index in [1.165, 1.54) is 23.3 Å². The van der Waals surface area contributed by atoms with E-state index < -0.39 is 17.7 Å². The third-order valence-corrected chi connectivity index (χ3v) is 4.64. The first-order chi connectivity index (χ1) is 13.4. The van der Waals surface area contributed by atoms with Gasteiger partial charge in [0.25, 0.3) is 0 Å². The fourth-order valence-corrected chi connectivity index (χ4v) is 3.10. The number of hydrazone groups is 1. The molecule has 1 aromatic carbocycles. The molecule has 0 N–H and O–H groups in total. The lowest BCUT2D eigenvalue weighted by atomic mass is 10.0. The number of hydrogen-bond donors (Lipinski definition) is 0. The number of carbonyl (C=O) groups is 1. The summed E-state index contributed by atoms with van der Waals surface area (Å²) in [5, 5.41) is 18.5. The predicted molar refractivity (Wildman–Crippen MR) is 99.1 cm³/mol. The number of aromatic nitrogens is 2. The third kappa shape index (κ3) is 4.14. The van der Waals surface area contributed by atoms with Gasteiger partial charge in [-0.3, -0.25) is 9.48 Å². The monoisotopic (exact) mass is 383 g/mol. The number of carbonyl (C=O) groups excluding carboxylic acids is 1. The Morgan fingerprint density at radius 1 is 1.32 bits per heavy atom. The van der Waals surface area contributed by atoms with Crippen LogP contribution in [-0.2, 0) is 11.3 Å². The quantitative estimate of drug-likeness (QED) is 0.715. The maximum Gasteiger partial charge on any atom is 0.243 e. The number of nitrogens with zero attached hydrogens (tertiary/aromatic N) is 5. The zero-order chi connectivity index (χ0) is 20.3. The summed E-state index contributed by atoms with van der Waals surface area (Å²) in [5.41, 5.74) is 2.40. The molecule has 0 bridgehead atoms. The molecule has 1 unspecified atom stereocenters. The molecule has 0 spiro atoms. The van der Waals surface area contributed by atoms with Gasteiger partial charge in [0.05, 0.1) is 30.0 Å². The van der Waals surface area contributed by atoms with Gasteiger partial charge in [0.1, 0.15) is 17.7 Å². The highest BCUT2D eigenvalue weighted by Gasteiger charge is 2.28. The van der Waals surface area contributed by atoms with Gasteiger partial charge in [-0.05, 0) is 31.0 Å². The highest BCUT2D eigenvalue weighted by atomic mass is 19.1. The summed E-state index contributed by atoms with van der Waals surface area (Å²) in [4.78, 5) is 12.6. The second-order valence-corrected chi connectivity index (χ2v) is 6.65. The SMILES string of the molecule is C=C(CCC(=O)N1N=CCC1c1cc(F)cc(F)c1)Cn1ncc(C#N)c1C. The Bertz CT molecular complexity index is 969. The Balaban J connectivity index is 1.60. The van der Waals surface area contributed by atoms with Crippen molar-refractivity contribution in [3.05, 3.63) is 65.0 Å². The molecular weight excluding hydrogens is 364 g/mol. The van der Waals surface area contributed by atoms with Crippen LogP contribution in [0.1, 0.15) is 42.1 Å². The number of halogens is 2. The van der Waals surface area contributed by atoms with E-state index >= 15 is 0 Å². The lowest BCUT2D eigenvalue weighted by molar-refractivity contribution is -0.133. The van der Waals surface area contributed by atoms with Crippen LogP contribution >= 0.6 is 0 Å². The molecule has 144 valence electrons. The first-order valence-corrected chi connectivity index (χ1v) is 8.78. The van der Waals surface area contributed by atoms with Gasteiger partial charge in [-0.15, -0.1) is 0 Å². The second-order valence-electron chi connectivity index (χ2n) is 6.65. The Hall–Kier alpha value is -3.34. The molecule has 0 saturated heterocycles. The van der Waals surface area contributed by atoms with Gasteiger partial charge in [0.15, 0.2) is 0 Å². The van der Waals surface area contributed by atoms with Crippen LogP contribution in [0.2, 0.25) is 0 Å². The van der Waals surface area contributed by atoms with Gasteiger partial charge < -0.3 is 0 Å². The van der Waals surface area contributed by atoms with Gasteiger partial charge in [-0.2, -0.15) is 15.5 Å². The van der Waals surface area contributed by atoms with E-state index in [1.807, 2.05) is 0 Å². The van der Waals surface area contributed by atoms with Crippen LogP contribution in [0.5, 0.6) is 0 Å². The van der Waals surface area contributed by atoms with Crippen molar-refractivity contribution in [3.8, 4) is 6.07 Å².